The second kappa shape index (κ2) is 11.0. The van der Waals surface area contributed by atoms with Gasteiger partial charge in [0.25, 0.3) is 0 Å². The summed E-state index contributed by atoms with van der Waals surface area (Å²) in [5, 5.41) is 3.42. The lowest BCUT2D eigenvalue weighted by atomic mass is 10.1. The van der Waals surface area contributed by atoms with Crippen molar-refractivity contribution in [1.29, 1.82) is 0 Å². The third-order valence-electron chi connectivity index (χ3n) is 4.39. The van der Waals surface area contributed by atoms with Crippen LogP contribution >= 0.6 is 0 Å². The molecule has 2 heterocycles. The van der Waals surface area contributed by atoms with Crippen LogP contribution in [0.3, 0.4) is 0 Å². The quantitative estimate of drug-likeness (QED) is 0.408. The Labute approximate surface area is 157 Å². The molecule has 146 valence electrons. The van der Waals surface area contributed by atoms with Gasteiger partial charge in [0.15, 0.2) is 5.96 Å². The first-order chi connectivity index (χ1) is 12.6. The lowest BCUT2D eigenvalue weighted by Crippen LogP contribution is -2.40. The van der Waals surface area contributed by atoms with Gasteiger partial charge in [-0.2, -0.15) is 0 Å². The predicted octanol–water partition coefficient (Wildman–Crippen LogP) is 1.60. The smallest absolute Gasteiger partial charge is 0.194 e. The van der Waals surface area contributed by atoms with Gasteiger partial charge in [0.1, 0.15) is 5.82 Å². The summed E-state index contributed by atoms with van der Waals surface area (Å²) in [6.07, 6.45) is 2.98. The minimum absolute atomic E-state index is 0.553. The zero-order valence-electron chi connectivity index (χ0n) is 16.6. The highest BCUT2D eigenvalue weighted by molar-refractivity contribution is 5.80. The van der Waals surface area contributed by atoms with E-state index in [1.54, 1.807) is 7.11 Å². The number of aromatic nitrogens is 1. The summed E-state index contributed by atoms with van der Waals surface area (Å²) in [6, 6.07) is 4.11. The Morgan fingerprint density at radius 3 is 3.00 bits per heavy atom. The number of likely N-dealkylation sites (tertiary alicyclic amines) is 1. The average molecular weight is 364 g/mol. The number of guanidine groups is 1. The van der Waals surface area contributed by atoms with Crippen molar-refractivity contribution < 1.29 is 9.47 Å². The zero-order chi connectivity index (χ0) is 18.8. The van der Waals surface area contributed by atoms with Gasteiger partial charge < -0.3 is 24.6 Å². The summed E-state index contributed by atoms with van der Waals surface area (Å²) in [5.74, 6) is 2.49. The highest BCUT2D eigenvalue weighted by Gasteiger charge is 2.24. The van der Waals surface area contributed by atoms with E-state index in [1.165, 1.54) is 0 Å². The van der Waals surface area contributed by atoms with Crippen LogP contribution in [0.2, 0.25) is 0 Å². The van der Waals surface area contributed by atoms with Gasteiger partial charge in [-0.1, -0.05) is 0 Å². The fourth-order valence-electron chi connectivity index (χ4n) is 2.95. The first-order valence-corrected chi connectivity index (χ1v) is 9.36. The summed E-state index contributed by atoms with van der Waals surface area (Å²) < 4.78 is 10.7. The van der Waals surface area contributed by atoms with Crippen LogP contribution < -0.4 is 10.2 Å². The van der Waals surface area contributed by atoms with E-state index >= 15 is 0 Å². The molecule has 0 saturated carbocycles. The van der Waals surface area contributed by atoms with Crippen LogP contribution in [-0.2, 0) is 16.0 Å². The van der Waals surface area contributed by atoms with E-state index in [1.807, 2.05) is 31.3 Å². The Kier molecular flexibility index (Phi) is 8.64. The molecule has 0 bridgehead atoms. The Hall–Kier alpha value is -1.86. The van der Waals surface area contributed by atoms with Gasteiger partial charge >= 0.3 is 0 Å². The van der Waals surface area contributed by atoms with E-state index in [0.717, 1.165) is 50.0 Å². The largest absolute Gasteiger partial charge is 0.382 e. The van der Waals surface area contributed by atoms with Crippen LogP contribution in [0, 0.1) is 5.92 Å². The van der Waals surface area contributed by atoms with Crippen molar-refractivity contribution >= 4 is 11.8 Å². The third kappa shape index (κ3) is 6.46. The van der Waals surface area contributed by atoms with E-state index in [4.69, 9.17) is 14.5 Å². The standard InChI is InChI=1S/C19H33N5O2/c1-5-20-19(22-13-16-6-8-21-18(12-16)23(2)3)24-9-7-17(14-24)15-26-11-10-25-4/h6,8,12,17H,5,7,9-11,13-15H2,1-4H3,(H,20,22). The van der Waals surface area contributed by atoms with Crippen molar-refractivity contribution in [1.82, 2.24) is 15.2 Å². The molecule has 0 aromatic carbocycles. The monoisotopic (exact) mass is 363 g/mol. The predicted molar refractivity (Wildman–Crippen MR) is 106 cm³/mol. The summed E-state index contributed by atoms with van der Waals surface area (Å²) in [6.45, 7) is 7.73. The van der Waals surface area contributed by atoms with Gasteiger partial charge in [-0.15, -0.1) is 0 Å². The normalized spacial score (nSPS) is 17.6. The molecule has 1 unspecified atom stereocenters. The van der Waals surface area contributed by atoms with Crippen LogP contribution in [-0.4, -0.2) is 76.5 Å². The second-order valence-corrected chi connectivity index (χ2v) is 6.76. The van der Waals surface area contributed by atoms with Crippen LogP contribution in [0.4, 0.5) is 5.82 Å². The van der Waals surface area contributed by atoms with Crippen LogP contribution in [0.1, 0.15) is 18.9 Å². The molecule has 1 saturated heterocycles. The van der Waals surface area contributed by atoms with Crippen molar-refractivity contribution in [3.63, 3.8) is 0 Å². The summed E-state index contributed by atoms with van der Waals surface area (Å²) in [7, 11) is 5.70. The maximum atomic E-state index is 5.69. The molecule has 1 atom stereocenters. The zero-order valence-corrected chi connectivity index (χ0v) is 16.6. The fraction of sp³-hybridized carbons (Fsp3) is 0.684. The minimum atomic E-state index is 0.553. The van der Waals surface area contributed by atoms with E-state index in [2.05, 4.69) is 28.2 Å². The molecule has 26 heavy (non-hydrogen) atoms. The van der Waals surface area contributed by atoms with Gasteiger partial charge in [-0.3, -0.25) is 0 Å². The highest BCUT2D eigenvalue weighted by atomic mass is 16.5. The summed E-state index contributed by atoms with van der Waals surface area (Å²) in [4.78, 5) is 13.5. The molecule has 0 amide bonds. The maximum absolute atomic E-state index is 5.69. The lowest BCUT2D eigenvalue weighted by Gasteiger charge is -2.22. The topological polar surface area (TPSA) is 62.2 Å². The number of hydrogen-bond acceptors (Lipinski definition) is 5. The number of ether oxygens (including phenoxy) is 2. The molecule has 7 heteroatoms. The number of rotatable bonds is 9. The number of pyridine rings is 1. The molecule has 2 rings (SSSR count). The van der Waals surface area contributed by atoms with Gasteiger partial charge in [-0.05, 0) is 31.0 Å². The Balaban J connectivity index is 1.91. The van der Waals surface area contributed by atoms with E-state index in [9.17, 15) is 0 Å². The molecule has 1 aliphatic rings. The van der Waals surface area contributed by atoms with Crippen molar-refractivity contribution in [3.05, 3.63) is 23.9 Å². The van der Waals surface area contributed by atoms with Crippen molar-refractivity contribution in [2.75, 3.05) is 65.6 Å². The number of aliphatic imine (C=N–C) groups is 1. The van der Waals surface area contributed by atoms with Gasteiger partial charge in [0.05, 0.1) is 26.4 Å². The van der Waals surface area contributed by atoms with Gasteiger partial charge in [0, 0.05) is 53.0 Å². The molecule has 1 aromatic rings. The molecular formula is C19H33N5O2. The van der Waals surface area contributed by atoms with Crippen molar-refractivity contribution in [3.8, 4) is 0 Å². The van der Waals surface area contributed by atoms with E-state index in [-0.39, 0.29) is 0 Å². The van der Waals surface area contributed by atoms with Gasteiger partial charge in [0.2, 0.25) is 0 Å². The first kappa shape index (κ1) is 20.5. The number of anilines is 1. The summed E-state index contributed by atoms with van der Waals surface area (Å²) in [5.41, 5.74) is 1.16. The van der Waals surface area contributed by atoms with Crippen molar-refractivity contribution in [2.45, 2.75) is 19.9 Å². The van der Waals surface area contributed by atoms with Crippen molar-refractivity contribution in [2.24, 2.45) is 10.9 Å². The Bertz CT molecular complexity index is 565. The molecule has 0 aliphatic carbocycles. The minimum Gasteiger partial charge on any atom is -0.382 e. The molecule has 0 spiro atoms. The summed E-state index contributed by atoms with van der Waals surface area (Å²) >= 11 is 0. The molecule has 1 aromatic heterocycles. The third-order valence-corrected chi connectivity index (χ3v) is 4.39. The molecular weight excluding hydrogens is 330 g/mol. The fourth-order valence-corrected chi connectivity index (χ4v) is 2.95. The van der Waals surface area contributed by atoms with Crippen LogP contribution in [0.25, 0.3) is 0 Å². The maximum Gasteiger partial charge on any atom is 0.194 e. The second-order valence-electron chi connectivity index (χ2n) is 6.76. The van der Waals surface area contributed by atoms with Crippen LogP contribution in [0.5, 0.6) is 0 Å². The van der Waals surface area contributed by atoms with Gasteiger partial charge in [-0.25, -0.2) is 9.98 Å². The molecule has 1 aliphatic heterocycles. The number of hydrogen-bond donors (Lipinski definition) is 1. The number of nitrogens with one attached hydrogen (secondary N) is 1. The first-order valence-electron chi connectivity index (χ1n) is 9.36. The van der Waals surface area contributed by atoms with Crippen LogP contribution in [0.15, 0.2) is 23.3 Å². The highest BCUT2D eigenvalue weighted by Crippen LogP contribution is 2.17. The van der Waals surface area contributed by atoms with E-state index in [0.29, 0.717) is 25.7 Å². The molecule has 1 fully saturated rings. The Morgan fingerprint density at radius 2 is 2.27 bits per heavy atom. The molecule has 7 nitrogen and oxygen atoms in total. The lowest BCUT2D eigenvalue weighted by molar-refractivity contribution is 0.0536. The molecule has 0 radical (unpaired) electrons. The van der Waals surface area contributed by atoms with E-state index < -0.39 is 0 Å². The Morgan fingerprint density at radius 1 is 1.42 bits per heavy atom. The SMILES string of the molecule is CCNC(=NCc1ccnc(N(C)C)c1)N1CCC(COCCOC)C1. The molecule has 1 N–H and O–H groups in total. The number of methoxy groups -OCH3 is 1. The number of nitrogens with zero attached hydrogens (tertiary/aromatic N) is 4. The average Bonchev–Trinajstić information content (AvgIpc) is 3.11.